The fourth-order valence-corrected chi connectivity index (χ4v) is 3.62. The number of rotatable bonds is 8. The Kier molecular flexibility index (Phi) is 7.61. The van der Waals surface area contributed by atoms with Crippen LogP contribution >= 0.6 is 0 Å². The lowest BCUT2D eigenvalue weighted by Crippen LogP contribution is -2.63. The van der Waals surface area contributed by atoms with Gasteiger partial charge >= 0.3 is 5.69 Å². The quantitative estimate of drug-likeness (QED) is 0.148. The number of para-hydroxylation sites is 2. The second-order valence-corrected chi connectivity index (χ2v) is 7.38. The van der Waals surface area contributed by atoms with Crippen molar-refractivity contribution in [3.63, 3.8) is 0 Å². The van der Waals surface area contributed by atoms with Crippen molar-refractivity contribution >= 4 is 5.69 Å². The first kappa shape index (κ1) is 24.7. The summed E-state index contributed by atoms with van der Waals surface area (Å²) in [5.74, 6) is -2.64. The molecule has 180 valence electrons. The number of nitro groups is 1. The molecule has 2 aliphatic heterocycles. The SMILES string of the molecule is O=[N+]([O-])c1ccccc1O[C@H]1[C@H](O)[C@@H](CO)O[C@@]1(CO)O[C@H]1O[C@H](CO)[C@@H](O)[C@H](O)[C@H]1O. The van der Waals surface area contributed by atoms with Crippen molar-refractivity contribution in [3.05, 3.63) is 34.4 Å². The number of hydrogen-bond donors (Lipinski definition) is 7. The fraction of sp³-hybridized carbons (Fsp3) is 0.667. The lowest BCUT2D eigenvalue weighted by molar-refractivity contribution is -0.389. The van der Waals surface area contributed by atoms with E-state index in [1.165, 1.54) is 18.2 Å². The summed E-state index contributed by atoms with van der Waals surface area (Å²) >= 11 is 0. The highest BCUT2D eigenvalue weighted by Crippen LogP contribution is 2.40. The summed E-state index contributed by atoms with van der Waals surface area (Å²) in [5.41, 5.74) is -0.466. The lowest BCUT2D eigenvalue weighted by Gasteiger charge is -2.43. The van der Waals surface area contributed by atoms with Crippen LogP contribution in [0.5, 0.6) is 5.75 Å². The van der Waals surface area contributed by atoms with Crippen molar-refractivity contribution in [2.75, 3.05) is 19.8 Å². The smallest absolute Gasteiger partial charge is 0.310 e. The van der Waals surface area contributed by atoms with E-state index in [2.05, 4.69) is 0 Å². The van der Waals surface area contributed by atoms with E-state index in [-0.39, 0.29) is 5.75 Å². The molecule has 2 aliphatic rings. The first-order valence-electron chi connectivity index (χ1n) is 9.65. The van der Waals surface area contributed by atoms with Crippen LogP contribution in [-0.4, -0.2) is 115 Å². The van der Waals surface area contributed by atoms with Gasteiger partial charge in [-0.15, -0.1) is 0 Å². The Hall–Kier alpha value is -1.98. The van der Waals surface area contributed by atoms with E-state index < -0.39 is 85.2 Å². The molecule has 0 spiro atoms. The highest BCUT2D eigenvalue weighted by Gasteiger charge is 2.60. The minimum Gasteiger partial charge on any atom is -0.475 e. The zero-order valence-electron chi connectivity index (χ0n) is 16.6. The van der Waals surface area contributed by atoms with E-state index in [4.69, 9.17) is 18.9 Å². The van der Waals surface area contributed by atoms with Crippen LogP contribution in [0.4, 0.5) is 5.69 Å². The number of ether oxygens (including phenoxy) is 4. The maximum atomic E-state index is 11.3. The van der Waals surface area contributed by atoms with Crippen molar-refractivity contribution in [3.8, 4) is 5.75 Å². The summed E-state index contributed by atoms with van der Waals surface area (Å²) in [4.78, 5) is 10.6. The Morgan fingerprint density at radius 2 is 1.62 bits per heavy atom. The first-order valence-corrected chi connectivity index (χ1v) is 9.65. The zero-order valence-corrected chi connectivity index (χ0v) is 16.6. The molecule has 0 saturated carbocycles. The van der Waals surface area contributed by atoms with Crippen LogP contribution in [-0.2, 0) is 14.2 Å². The highest BCUT2D eigenvalue weighted by atomic mass is 16.8. The van der Waals surface area contributed by atoms with Gasteiger partial charge in [0.15, 0.2) is 18.1 Å². The summed E-state index contributed by atoms with van der Waals surface area (Å²) in [6.45, 7) is -2.55. The first-order chi connectivity index (χ1) is 15.2. The fourth-order valence-electron chi connectivity index (χ4n) is 3.62. The van der Waals surface area contributed by atoms with Gasteiger partial charge < -0.3 is 54.7 Å². The summed E-state index contributed by atoms with van der Waals surface area (Å²) in [6, 6.07) is 5.17. The highest BCUT2D eigenvalue weighted by molar-refractivity contribution is 5.46. The second kappa shape index (κ2) is 9.88. The predicted molar refractivity (Wildman–Crippen MR) is 100 cm³/mol. The molecule has 14 nitrogen and oxygen atoms in total. The van der Waals surface area contributed by atoms with E-state index in [9.17, 15) is 45.9 Å². The van der Waals surface area contributed by atoms with Gasteiger partial charge in [0.2, 0.25) is 5.79 Å². The minimum absolute atomic E-state index is 0.307. The molecule has 32 heavy (non-hydrogen) atoms. The van der Waals surface area contributed by atoms with E-state index in [1.807, 2.05) is 0 Å². The molecule has 2 heterocycles. The number of aliphatic hydroxyl groups excluding tert-OH is 7. The van der Waals surface area contributed by atoms with Crippen LogP contribution in [0, 0.1) is 10.1 Å². The van der Waals surface area contributed by atoms with Gasteiger partial charge in [0.1, 0.15) is 43.2 Å². The molecule has 3 rings (SSSR count). The molecular weight excluding hydrogens is 438 g/mol. The average molecular weight is 463 g/mol. The third-order valence-corrected chi connectivity index (χ3v) is 5.36. The lowest BCUT2D eigenvalue weighted by atomic mass is 9.99. The van der Waals surface area contributed by atoms with Crippen LogP contribution in [0.3, 0.4) is 0 Å². The van der Waals surface area contributed by atoms with Crippen LogP contribution < -0.4 is 4.74 Å². The topological polar surface area (TPSA) is 222 Å². The average Bonchev–Trinajstić information content (AvgIpc) is 3.05. The van der Waals surface area contributed by atoms with Crippen LogP contribution in [0.25, 0.3) is 0 Å². The van der Waals surface area contributed by atoms with E-state index in [0.717, 1.165) is 6.07 Å². The molecule has 0 bridgehead atoms. The molecule has 0 aromatic heterocycles. The molecule has 1 aromatic rings. The summed E-state index contributed by atoms with van der Waals surface area (Å²) in [6.07, 6.45) is -13.2. The number of benzene rings is 1. The van der Waals surface area contributed by atoms with Crippen molar-refractivity contribution in [2.45, 2.75) is 54.8 Å². The van der Waals surface area contributed by atoms with Crippen molar-refractivity contribution < 1.29 is 59.6 Å². The number of hydrogen-bond acceptors (Lipinski definition) is 13. The molecule has 0 radical (unpaired) electrons. The van der Waals surface area contributed by atoms with Gasteiger partial charge in [-0.1, -0.05) is 12.1 Å². The van der Waals surface area contributed by atoms with Crippen LogP contribution in [0.15, 0.2) is 24.3 Å². The van der Waals surface area contributed by atoms with Gasteiger partial charge in [-0.2, -0.15) is 0 Å². The third-order valence-electron chi connectivity index (χ3n) is 5.36. The number of nitro benzene ring substituents is 1. The molecule has 14 heteroatoms. The van der Waals surface area contributed by atoms with Crippen LogP contribution in [0.1, 0.15) is 0 Å². The molecule has 1 aromatic carbocycles. The van der Waals surface area contributed by atoms with E-state index in [1.54, 1.807) is 0 Å². The predicted octanol–water partition coefficient (Wildman–Crippen LogP) is -3.40. The maximum absolute atomic E-state index is 11.3. The van der Waals surface area contributed by atoms with Crippen molar-refractivity contribution in [1.82, 2.24) is 0 Å². The standard InChI is InChI=1S/C18H25NO13/c20-5-10-12(23)14(25)15(26)17(30-10)32-18(7-22)16(13(24)11(6-21)31-18)29-9-4-2-1-3-8(9)19(27)28/h1-4,10-17,20-26H,5-7H2/t10-,11-,12-,13-,14+,15-,16+,17-,18+/m1/s1. The second-order valence-electron chi connectivity index (χ2n) is 7.38. The molecular formula is C18H25NO13. The molecule has 2 fully saturated rings. The van der Waals surface area contributed by atoms with Crippen molar-refractivity contribution in [2.24, 2.45) is 0 Å². The largest absolute Gasteiger partial charge is 0.475 e. The molecule has 0 amide bonds. The molecule has 0 unspecified atom stereocenters. The maximum Gasteiger partial charge on any atom is 0.310 e. The molecule has 9 atom stereocenters. The Morgan fingerprint density at radius 1 is 0.969 bits per heavy atom. The number of aliphatic hydroxyl groups is 7. The summed E-state index contributed by atoms with van der Waals surface area (Å²) in [5, 5.41) is 81.0. The van der Waals surface area contributed by atoms with E-state index in [0.29, 0.717) is 0 Å². The van der Waals surface area contributed by atoms with Gasteiger partial charge in [-0.3, -0.25) is 10.1 Å². The molecule has 7 N–H and O–H groups in total. The monoisotopic (exact) mass is 463 g/mol. The normalized spacial score (nSPS) is 39.7. The Labute approximate surface area is 180 Å². The molecule has 2 saturated heterocycles. The summed E-state index contributed by atoms with van der Waals surface area (Å²) < 4.78 is 21.8. The van der Waals surface area contributed by atoms with Gasteiger partial charge in [-0.25, -0.2) is 0 Å². The van der Waals surface area contributed by atoms with Gasteiger partial charge in [0.25, 0.3) is 0 Å². The van der Waals surface area contributed by atoms with E-state index >= 15 is 0 Å². The van der Waals surface area contributed by atoms with Gasteiger partial charge in [-0.05, 0) is 6.07 Å². The zero-order chi connectivity index (χ0) is 23.6. The Balaban J connectivity index is 1.94. The van der Waals surface area contributed by atoms with Crippen LogP contribution in [0.2, 0.25) is 0 Å². The Morgan fingerprint density at radius 3 is 2.22 bits per heavy atom. The van der Waals surface area contributed by atoms with Crippen molar-refractivity contribution in [1.29, 1.82) is 0 Å². The minimum atomic E-state index is -2.33. The number of nitrogens with zero attached hydrogens (tertiary/aromatic N) is 1. The van der Waals surface area contributed by atoms with Gasteiger partial charge in [0.05, 0.1) is 18.1 Å². The summed E-state index contributed by atoms with van der Waals surface area (Å²) in [7, 11) is 0. The van der Waals surface area contributed by atoms with Gasteiger partial charge in [0, 0.05) is 6.07 Å². The molecule has 0 aliphatic carbocycles. The Bertz CT molecular complexity index is 794. The third kappa shape index (κ3) is 4.42.